The first kappa shape index (κ1) is 15.7. The molecule has 1 N–H and O–H groups in total. The highest BCUT2D eigenvalue weighted by atomic mass is 32.2. The van der Waals surface area contributed by atoms with Gasteiger partial charge in [-0.15, -0.1) is 0 Å². The van der Waals surface area contributed by atoms with Crippen molar-refractivity contribution in [1.29, 1.82) is 0 Å². The molecule has 2 unspecified atom stereocenters. The Bertz CT molecular complexity index is 278. The number of thioether (sulfide) groups is 1. The highest BCUT2D eigenvalue weighted by Gasteiger charge is 2.36. The third-order valence-corrected chi connectivity index (χ3v) is 6.05. The molecule has 0 aromatic heterocycles. The summed E-state index contributed by atoms with van der Waals surface area (Å²) < 4.78 is 0.490. The largest absolute Gasteiger partial charge is 0.316 e. The first-order chi connectivity index (χ1) is 8.98. The second-order valence-corrected chi connectivity index (χ2v) is 9.15. The molecule has 0 amide bonds. The third-order valence-electron chi connectivity index (χ3n) is 4.68. The van der Waals surface area contributed by atoms with Crippen LogP contribution >= 0.6 is 11.8 Å². The molecular formula is C16H32N2S. The third kappa shape index (κ3) is 4.64. The van der Waals surface area contributed by atoms with E-state index in [2.05, 4.69) is 49.7 Å². The predicted molar refractivity (Wildman–Crippen MR) is 86.9 cm³/mol. The van der Waals surface area contributed by atoms with E-state index in [0.29, 0.717) is 4.75 Å². The second-order valence-electron chi connectivity index (χ2n) is 7.35. The van der Waals surface area contributed by atoms with Crippen LogP contribution in [0.2, 0.25) is 0 Å². The van der Waals surface area contributed by atoms with Crippen LogP contribution in [-0.2, 0) is 0 Å². The maximum atomic E-state index is 3.66. The fraction of sp³-hybridized carbons (Fsp3) is 1.00. The van der Waals surface area contributed by atoms with Crippen molar-refractivity contribution >= 4 is 11.8 Å². The molecule has 3 heteroatoms. The Hall–Kier alpha value is 0.270. The van der Waals surface area contributed by atoms with Gasteiger partial charge in [0, 0.05) is 23.1 Å². The van der Waals surface area contributed by atoms with Crippen LogP contribution in [0.25, 0.3) is 0 Å². The quantitative estimate of drug-likeness (QED) is 0.834. The lowest BCUT2D eigenvalue weighted by Crippen LogP contribution is -2.51. The molecule has 2 fully saturated rings. The van der Waals surface area contributed by atoms with E-state index in [0.717, 1.165) is 17.9 Å². The van der Waals surface area contributed by atoms with Gasteiger partial charge in [0.25, 0.3) is 0 Å². The summed E-state index contributed by atoms with van der Waals surface area (Å²) in [5.41, 5.74) is 0. The first-order valence-electron chi connectivity index (χ1n) is 8.07. The normalized spacial score (nSPS) is 32.1. The summed E-state index contributed by atoms with van der Waals surface area (Å²) in [6.45, 7) is 14.4. The molecule has 0 bridgehead atoms. The van der Waals surface area contributed by atoms with E-state index < -0.39 is 0 Å². The topological polar surface area (TPSA) is 15.3 Å². The molecule has 0 radical (unpaired) electrons. The van der Waals surface area contributed by atoms with Gasteiger partial charge in [-0.3, -0.25) is 4.90 Å². The van der Waals surface area contributed by atoms with Crippen molar-refractivity contribution in [2.75, 3.05) is 31.9 Å². The number of nitrogens with one attached hydrogen (secondary N) is 1. The smallest absolute Gasteiger partial charge is 0.0136 e. The summed E-state index contributed by atoms with van der Waals surface area (Å²) in [4.78, 5) is 2.78. The lowest BCUT2D eigenvalue weighted by Gasteiger charge is -2.44. The zero-order valence-corrected chi connectivity index (χ0v) is 14.1. The minimum atomic E-state index is 0.490. The van der Waals surface area contributed by atoms with Gasteiger partial charge in [0.1, 0.15) is 0 Å². The molecule has 0 aromatic carbocycles. The minimum Gasteiger partial charge on any atom is -0.316 e. The molecule has 2 rings (SSSR count). The van der Waals surface area contributed by atoms with Gasteiger partial charge in [0.15, 0.2) is 0 Å². The van der Waals surface area contributed by atoms with Crippen molar-refractivity contribution in [3.63, 3.8) is 0 Å². The zero-order valence-electron chi connectivity index (χ0n) is 13.2. The SMILES string of the molecule is CC(C)CNCC1CCC1N1CCSC(C)(C)CC1. The Balaban J connectivity index is 1.75. The summed E-state index contributed by atoms with van der Waals surface area (Å²) in [6, 6.07) is 0.870. The lowest BCUT2D eigenvalue weighted by atomic mass is 9.78. The van der Waals surface area contributed by atoms with Gasteiger partial charge in [0.05, 0.1) is 0 Å². The molecular weight excluding hydrogens is 252 g/mol. The zero-order chi connectivity index (χ0) is 13.9. The van der Waals surface area contributed by atoms with Gasteiger partial charge in [-0.05, 0) is 50.7 Å². The van der Waals surface area contributed by atoms with Gasteiger partial charge in [0.2, 0.25) is 0 Å². The monoisotopic (exact) mass is 284 g/mol. The van der Waals surface area contributed by atoms with E-state index in [1.807, 2.05) is 0 Å². The molecule has 1 heterocycles. The molecule has 0 spiro atoms. The van der Waals surface area contributed by atoms with Crippen molar-refractivity contribution in [2.24, 2.45) is 11.8 Å². The minimum absolute atomic E-state index is 0.490. The molecule has 2 aliphatic rings. The summed E-state index contributed by atoms with van der Waals surface area (Å²) in [5, 5.41) is 3.66. The highest BCUT2D eigenvalue weighted by molar-refractivity contribution is 8.00. The molecule has 1 saturated heterocycles. The van der Waals surface area contributed by atoms with Crippen LogP contribution in [-0.4, -0.2) is 47.6 Å². The molecule has 2 atom stereocenters. The predicted octanol–water partition coefficient (Wildman–Crippen LogP) is 3.23. The summed E-state index contributed by atoms with van der Waals surface area (Å²) in [7, 11) is 0. The fourth-order valence-corrected chi connectivity index (χ4v) is 4.31. The molecule has 19 heavy (non-hydrogen) atoms. The Morgan fingerprint density at radius 1 is 1.26 bits per heavy atom. The average molecular weight is 285 g/mol. The van der Waals surface area contributed by atoms with Gasteiger partial charge < -0.3 is 5.32 Å². The van der Waals surface area contributed by atoms with E-state index in [4.69, 9.17) is 0 Å². The Labute approximate surface area is 124 Å². The van der Waals surface area contributed by atoms with Crippen LogP contribution in [0.1, 0.15) is 47.0 Å². The van der Waals surface area contributed by atoms with Crippen LogP contribution in [0.5, 0.6) is 0 Å². The molecule has 1 saturated carbocycles. The Morgan fingerprint density at radius 3 is 2.68 bits per heavy atom. The van der Waals surface area contributed by atoms with E-state index in [1.165, 1.54) is 51.2 Å². The van der Waals surface area contributed by atoms with Crippen molar-refractivity contribution in [3.8, 4) is 0 Å². The Morgan fingerprint density at radius 2 is 2.05 bits per heavy atom. The van der Waals surface area contributed by atoms with Gasteiger partial charge >= 0.3 is 0 Å². The van der Waals surface area contributed by atoms with E-state index >= 15 is 0 Å². The van der Waals surface area contributed by atoms with Crippen molar-refractivity contribution in [1.82, 2.24) is 10.2 Å². The van der Waals surface area contributed by atoms with E-state index in [1.54, 1.807) is 0 Å². The first-order valence-corrected chi connectivity index (χ1v) is 9.05. The van der Waals surface area contributed by atoms with Crippen molar-refractivity contribution in [3.05, 3.63) is 0 Å². The number of nitrogens with zero attached hydrogens (tertiary/aromatic N) is 1. The fourth-order valence-electron chi connectivity index (χ4n) is 3.20. The Kier molecular flexibility index (Phi) is 5.62. The van der Waals surface area contributed by atoms with Crippen LogP contribution in [0.4, 0.5) is 0 Å². The molecule has 112 valence electrons. The van der Waals surface area contributed by atoms with Crippen LogP contribution in [0, 0.1) is 11.8 Å². The van der Waals surface area contributed by atoms with Crippen LogP contribution < -0.4 is 5.32 Å². The van der Waals surface area contributed by atoms with Gasteiger partial charge in [-0.25, -0.2) is 0 Å². The van der Waals surface area contributed by atoms with Crippen molar-refractivity contribution in [2.45, 2.75) is 57.7 Å². The molecule has 1 aliphatic carbocycles. The standard InChI is InChI=1S/C16H32N2S/c1-13(2)11-17-12-14-5-6-15(14)18-8-7-16(3,4)19-10-9-18/h13-15,17H,5-12H2,1-4H3. The summed E-state index contributed by atoms with van der Waals surface area (Å²) >= 11 is 2.16. The van der Waals surface area contributed by atoms with E-state index in [9.17, 15) is 0 Å². The van der Waals surface area contributed by atoms with Crippen LogP contribution in [0.3, 0.4) is 0 Å². The molecule has 1 aliphatic heterocycles. The number of rotatable bonds is 5. The van der Waals surface area contributed by atoms with Gasteiger partial charge in [-0.1, -0.05) is 27.7 Å². The maximum Gasteiger partial charge on any atom is 0.0136 e. The van der Waals surface area contributed by atoms with Gasteiger partial charge in [-0.2, -0.15) is 11.8 Å². The maximum absolute atomic E-state index is 3.66. The van der Waals surface area contributed by atoms with E-state index in [-0.39, 0.29) is 0 Å². The van der Waals surface area contributed by atoms with Crippen LogP contribution in [0.15, 0.2) is 0 Å². The molecule has 0 aromatic rings. The van der Waals surface area contributed by atoms with Crippen molar-refractivity contribution < 1.29 is 0 Å². The highest BCUT2D eigenvalue weighted by Crippen LogP contribution is 2.36. The molecule has 2 nitrogen and oxygen atoms in total. The number of hydrogen-bond donors (Lipinski definition) is 1. The average Bonchev–Trinajstić information content (AvgIpc) is 2.45. The second kappa shape index (κ2) is 6.82. The summed E-state index contributed by atoms with van der Waals surface area (Å²) in [5.74, 6) is 2.99. The summed E-state index contributed by atoms with van der Waals surface area (Å²) in [6.07, 6.45) is 4.21. The lowest BCUT2D eigenvalue weighted by molar-refractivity contribution is 0.0657. The number of hydrogen-bond acceptors (Lipinski definition) is 3.